The summed E-state index contributed by atoms with van der Waals surface area (Å²) in [6, 6.07) is 9.79. The van der Waals surface area contributed by atoms with Crippen LogP contribution in [0.25, 0.3) is 0 Å². The summed E-state index contributed by atoms with van der Waals surface area (Å²) in [6.45, 7) is 0. The SMILES string of the molecule is Sc1ccccc1.[Cd+2].[S-2]. The molecular weight excluding hydrogens is 249 g/mol. The minimum Gasteiger partial charge on any atom is -2.00 e. The van der Waals surface area contributed by atoms with Crippen molar-refractivity contribution in [2.75, 3.05) is 0 Å². The fraction of sp³-hybridized carbons (Fsp3) is 0. The van der Waals surface area contributed by atoms with Crippen molar-refractivity contribution >= 4 is 26.1 Å². The van der Waals surface area contributed by atoms with E-state index in [2.05, 4.69) is 12.6 Å². The Morgan fingerprint density at radius 1 is 1.00 bits per heavy atom. The van der Waals surface area contributed by atoms with Gasteiger partial charge in [0.1, 0.15) is 0 Å². The summed E-state index contributed by atoms with van der Waals surface area (Å²) in [5.41, 5.74) is 0. The molecule has 0 radical (unpaired) electrons. The first-order valence-electron chi connectivity index (χ1n) is 2.13. The van der Waals surface area contributed by atoms with E-state index in [0.29, 0.717) is 0 Å². The Balaban J connectivity index is 0. The van der Waals surface area contributed by atoms with Gasteiger partial charge in [0.05, 0.1) is 0 Å². The zero-order valence-corrected chi connectivity index (χ0v) is 10.7. The fourth-order valence-electron chi connectivity index (χ4n) is 0.428. The van der Waals surface area contributed by atoms with Gasteiger partial charge in [0.2, 0.25) is 0 Å². The third kappa shape index (κ3) is 5.29. The van der Waals surface area contributed by atoms with Gasteiger partial charge in [-0.05, 0) is 12.1 Å². The van der Waals surface area contributed by atoms with Gasteiger partial charge in [0.15, 0.2) is 0 Å². The quantitative estimate of drug-likeness (QED) is 0.531. The largest absolute Gasteiger partial charge is 2.00 e. The Bertz CT molecular complexity index is 141. The van der Waals surface area contributed by atoms with Crippen molar-refractivity contribution in [3.8, 4) is 0 Å². The van der Waals surface area contributed by atoms with Crippen molar-refractivity contribution in [1.82, 2.24) is 0 Å². The van der Waals surface area contributed by atoms with Crippen LogP contribution in [0.2, 0.25) is 0 Å². The van der Waals surface area contributed by atoms with E-state index in [0.717, 1.165) is 4.90 Å². The molecule has 0 spiro atoms. The van der Waals surface area contributed by atoms with Crippen molar-refractivity contribution < 1.29 is 27.3 Å². The van der Waals surface area contributed by atoms with E-state index in [-0.39, 0.29) is 40.8 Å². The molecule has 0 fully saturated rings. The molecule has 0 heterocycles. The molecule has 0 amide bonds. The van der Waals surface area contributed by atoms with Crippen LogP contribution >= 0.6 is 12.6 Å². The van der Waals surface area contributed by atoms with Gasteiger partial charge >= 0.3 is 27.3 Å². The second-order valence-electron chi connectivity index (χ2n) is 1.34. The normalized spacial score (nSPS) is 6.78. The summed E-state index contributed by atoms with van der Waals surface area (Å²) in [5, 5.41) is 0. The summed E-state index contributed by atoms with van der Waals surface area (Å²) in [7, 11) is 0. The molecular formula is C6H6CdS2. The van der Waals surface area contributed by atoms with Gasteiger partial charge in [0.25, 0.3) is 0 Å². The average molecular weight is 255 g/mol. The predicted octanol–water partition coefficient (Wildman–Crippen LogP) is 1.97. The van der Waals surface area contributed by atoms with Crippen LogP contribution in [0.3, 0.4) is 0 Å². The zero-order chi connectivity index (χ0) is 5.11. The molecule has 1 aromatic carbocycles. The van der Waals surface area contributed by atoms with Gasteiger partial charge in [-0.15, -0.1) is 12.6 Å². The van der Waals surface area contributed by atoms with E-state index in [4.69, 9.17) is 0 Å². The van der Waals surface area contributed by atoms with Crippen molar-refractivity contribution in [3.63, 3.8) is 0 Å². The minimum absolute atomic E-state index is 0. The van der Waals surface area contributed by atoms with Crippen LogP contribution < -0.4 is 0 Å². The molecule has 0 aliphatic rings. The third-order valence-electron chi connectivity index (χ3n) is 0.756. The summed E-state index contributed by atoms with van der Waals surface area (Å²) >= 11 is 4.08. The van der Waals surface area contributed by atoms with Gasteiger partial charge in [-0.25, -0.2) is 0 Å². The zero-order valence-electron chi connectivity index (χ0n) is 4.95. The summed E-state index contributed by atoms with van der Waals surface area (Å²) in [6.07, 6.45) is 0. The minimum atomic E-state index is 0. The molecule has 0 atom stereocenters. The summed E-state index contributed by atoms with van der Waals surface area (Å²) in [5.74, 6) is 0. The third-order valence-corrected chi connectivity index (χ3v) is 1.05. The molecule has 44 valence electrons. The molecule has 0 bridgehead atoms. The Hall–Kier alpha value is 0.842. The van der Waals surface area contributed by atoms with Gasteiger partial charge in [0, 0.05) is 4.90 Å². The van der Waals surface area contributed by atoms with E-state index < -0.39 is 0 Å². The molecule has 0 saturated heterocycles. The molecule has 1 aromatic rings. The van der Waals surface area contributed by atoms with Gasteiger partial charge in [-0.3, -0.25) is 0 Å². The number of thiol groups is 1. The van der Waals surface area contributed by atoms with Crippen LogP contribution in [0.1, 0.15) is 0 Å². The molecule has 0 nitrogen and oxygen atoms in total. The van der Waals surface area contributed by atoms with E-state index in [9.17, 15) is 0 Å². The second-order valence-corrected chi connectivity index (χ2v) is 1.85. The maximum Gasteiger partial charge on any atom is 2.00 e. The van der Waals surface area contributed by atoms with Crippen molar-refractivity contribution in [2.24, 2.45) is 0 Å². The van der Waals surface area contributed by atoms with Crippen molar-refractivity contribution in [1.29, 1.82) is 0 Å². The molecule has 0 aliphatic heterocycles. The van der Waals surface area contributed by atoms with Crippen LogP contribution in [-0.4, -0.2) is 0 Å². The molecule has 1 rings (SSSR count). The van der Waals surface area contributed by atoms with E-state index in [1.807, 2.05) is 30.3 Å². The van der Waals surface area contributed by atoms with Crippen molar-refractivity contribution in [2.45, 2.75) is 4.90 Å². The Morgan fingerprint density at radius 2 is 1.44 bits per heavy atom. The topological polar surface area (TPSA) is 0 Å². The molecule has 3 heteroatoms. The van der Waals surface area contributed by atoms with Crippen LogP contribution in [0.4, 0.5) is 0 Å². The molecule has 0 unspecified atom stereocenters. The first kappa shape index (κ1) is 12.5. The van der Waals surface area contributed by atoms with Crippen LogP contribution in [0.15, 0.2) is 35.2 Å². The monoisotopic (exact) mass is 256 g/mol. The summed E-state index contributed by atoms with van der Waals surface area (Å²) in [4.78, 5) is 1.02. The maximum absolute atomic E-state index is 4.08. The number of rotatable bonds is 0. The summed E-state index contributed by atoms with van der Waals surface area (Å²) < 4.78 is 0. The van der Waals surface area contributed by atoms with Gasteiger partial charge in [-0.2, -0.15) is 0 Å². The number of benzene rings is 1. The molecule has 0 N–H and O–H groups in total. The first-order valence-corrected chi connectivity index (χ1v) is 2.58. The molecule has 0 aliphatic carbocycles. The molecule has 9 heavy (non-hydrogen) atoms. The van der Waals surface area contributed by atoms with Gasteiger partial charge < -0.3 is 13.5 Å². The number of hydrogen-bond acceptors (Lipinski definition) is 1. The van der Waals surface area contributed by atoms with Crippen molar-refractivity contribution in [3.05, 3.63) is 30.3 Å². The van der Waals surface area contributed by atoms with E-state index >= 15 is 0 Å². The van der Waals surface area contributed by atoms with Crippen LogP contribution in [0, 0.1) is 0 Å². The smallest absolute Gasteiger partial charge is 2.00 e. The van der Waals surface area contributed by atoms with Crippen LogP contribution in [-0.2, 0) is 40.8 Å². The molecule has 0 aromatic heterocycles. The Labute approximate surface area is 88.1 Å². The van der Waals surface area contributed by atoms with E-state index in [1.165, 1.54) is 0 Å². The van der Waals surface area contributed by atoms with E-state index in [1.54, 1.807) is 0 Å². The number of hydrogen-bond donors (Lipinski definition) is 1. The molecule has 0 saturated carbocycles. The standard InChI is InChI=1S/C6H6S.Cd.S/c7-6-4-2-1-3-5-6;;/h1-5,7H;;/q;+2;-2. The maximum atomic E-state index is 4.08. The van der Waals surface area contributed by atoms with Gasteiger partial charge in [-0.1, -0.05) is 18.2 Å². The first-order chi connectivity index (χ1) is 3.39. The second kappa shape index (κ2) is 6.96. The average Bonchev–Trinajstić information content (AvgIpc) is 1.69. The Morgan fingerprint density at radius 3 is 1.67 bits per heavy atom. The Kier molecular flexibility index (Phi) is 9.67. The van der Waals surface area contributed by atoms with Crippen LogP contribution in [0.5, 0.6) is 0 Å². The fourth-order valence-corrected chi connectivity index (χ4v) is 0.600. The predicted molar refractivity (Wildman–Crippen MR) is 41.1 cm³/mol.